The molecule has 10 heteroatoms. The first-order chi connectivity index (χ1) is 16.1. The van der Waals surface area contributed by atoms with Gasteiger partial charge in [0.05, 0.1) is 23.8 Å². The highest BCUT2D eigenvalue weighted by Gasteiger charge is 2.44. The van der Waals surface area contributed by atoms with Crippen LogP contribution in [0, 0.1) is 4.91 Å². The molecule has 9 nitrogen and oxygen atoms in total. The number of nitroso groups, excluding NO2 is 1. The van der Waals surface area contributed by atoms with E-state index in [9.17, 15) is 4.91 Å². The molecule has 0 amide bonds. The molecule has 2 saturated heterocycles. The van der Waals surface area contributed by atoms with Gasteiger partial charge in [-0.05, 0) is 18.6 Å². The number of ether oxygens (including phenoxy) is 1. The molecule has 0 bridgehead atoms. The highest BCUT2D eigenvalue weighted by molar-refractivity contribution is 6.29. The van der Waals surface area contributed by atoms with Gasteiger partial charge >= 0.3 is 0 Å². The average Bonchev–Trinajstić information content (AvgIpc) is 3.14. The van der Waals surface area contributed by atoms with Gasteiger partial charge in [0, 0.05) is 45.7 Å². The fourth-order valence-corrected chi connectivity index (χ4v) is 4.60. The zero-order valence-electron chi connectivity index (χ0n) is 19.2. The molecule has 2 aromatic rings. The van der Waals surface area contributed by atoms with Crippen LogP contribution in [-0.4, -0.2) is 94.9 Å². The number of aromatic nitrogens is 2. The lowest BCUT2D eigenvalue weighted by Gasteiger charge is -2.35. The number of benzene rings is 1. The summed E-state index contributed by atoms with van der Waals surface area (Å²) in [5.74, 6) is 1.70. The molecule has 0 radical (unpaired) electrons. The predicted octanol–water partition coefficient (Wildman–Crippen LogP) is 2.73. The lowest BCUT2D eigenvalue weighted by atomic mass is 10.3. The van der Waals surface area contributed by atoms with Gasteiger partial charge in [0.1, 0.15) is 34.9 Å². The molecule has 0 N–H and O–H groups in total. The molecule has 2 aliphatic heterocycles. The molecular formula is C23H33ClN7O2+. The van der Waals surface area contributed by atoms with E-state index in [-0.39, 0.29) is 6.17 Å². The van der Waals surface area contributed by atoms with Crippen LogP contribution in [-0.2, 0) is 0 Å². The van der Waals surface area contributed by atoms with Crippen molar-refractivity contribution < 1.29 is 9.61 Å². The van der Waals surface area contributed by atoms with Gasteiger partial charge in [0.2, 0.25) is 0 Å². The lowest BCUT2D eigenvalue weighted by Crippen LogP contribution is -2.47. The van der Waals surface area contributed by atoms with Gasteiger partial charge in [-0.15, -0.1) is 5.01 Å². The number of anilines is 1. The predicted molar refractivity (Wildman–Crippen MR) is 128 cm³/mol. The van der Waals surface area contributed by atoms with Gasteiger partial charge in [-0.2, -0.15) is 0 Å². The molecule has 2 aliphatic rings. The van der Waals surface area contributed by atoms with Gasteiger partial charge in [-0.3, -0.25) is 9.88 Å². The van der Waals surface area contributed by atoms with Gasteiger partial charge in [-0.1, -0.05) is 36.7 Å². The third-order valence-electron chi connectivity index (χ3n) is 6.23. The topological polar surface area (TPSA) is 68.1 Å². The molecule has 0 aliphatic carbocycles. The summed E-state index contributed by atoms with van der Waals surface area (Å²) in [7, 11) is 0. The molecule has 0 spiro atoms. The third kappa shape index (κ3) is 6.31. The largest absolute Gasteiger partial charge is 0.492 e. The molecule has 178 valence electrons. The molecule has 3 heterocycles. The van der Waals surface area contributed by atoms with Gasteiger partial charge in [-0.25, -0.2) is 9.88 Å². The molecule has 1 unspecified atom stereocenters. The second kappa shape index (κ2) is 11.6. The van der Waals surface area contributed by atoms with Crippen molar-refractivity contribution in [2.75, 3.05) is 64.0 Å². The molecule has 1 atom stereocenters. The summed E-state index contributed by atoms with van der Waals surface area (Å²) in [6, 6.07) is 9.81. The Morgan fingerprint density at radius 3 is 2.61 bits per heavy atom. The highest BCUT2D eigenvalue weighted by Crippen LogP contribution is 2.19. The van der Waals surface area contributed by atoms with E-state index in [0.29, 0.717) is 18.4 Å². The maximum atomic E-state index is 12.8. The standard InChI is InChI=1S/C23H33ClN7O2/c1-2-23-29(15-16-33-20-7-4-3-5-8-20)19-30(31(23)32)10-6-9-27-11-13-28(14-12-27)22-18-25-17-21(24)26-22/h3-5,7-8,17-18,23H,2,6,9-16,19H2,1H3/q+1. The number of hydrazine groups is 1. The van der Waals surface area contributed by atoms with E-state index in [4.69, 9.17) is 16.3 Å². The monoisotopic (exact) mass is 474 g/mol. The number of nitrogens with zero attached hydrogens (tertiary/aromatic N) is 7. The van der Waals surface area contributed by atoms with Crippen molar-refractivity contribution in [3.8, 4) is 5.75 Å². The molecule has 1 aromatic carbocycles. The fraction of sp³-hybridized carbons (Fsp3) is 0.565. The zero-order valence-corrected chi connectivity index (χ0v) is 20.0. The number of hydrogen-bond donors (Lipinski definition) is 0. The first-order valence-electron chi connectivity index (χ1n) is 11.7. The second-order valence-corrected chi connectivity index (χ2v) is 8.81. The average molecular weight is 475 g/mol. The Bertz CT molecular complexity index is 895. The van der Waals surface area contributed by atoms with Crippen LogP contribution in [0.5, 0.6) is 5.75 Å². The summed E-state index contributed by atoms with van der Waals surface area (Å²) >= 11 is 5.97. The van der Waals surface area contributed by atoms with Crippen LogP contribution in [0.3, 0.4) is 0 Å². The van der Waals surface area contributed by atoms with Crippen molar-refractivity contribution in [1.82, 2.24) is 24.8 Å². The van der Waals surface area contributed by atoms with Crippen molar-refractivity contribution in [3.05, 3.63) is 52.8 Å². The van der Waals surface area contributed by atoms with E-state index in [1.165, 1.54) is 0 Å². The first-order valence-corrected chi connectivity index (χ1v) is 12.1. The van der Waals surface area contributed by atoms with Crippen molar-refractivity contribution in [3.63, 3.8) is 0 Å². The van der Waals surface area contributed by atoms with Crippen LogP contribution in [0.2, 0.25) is 5.15 Å². The van der Waals surface area contributed by atoms with E-state index in [0.717, 1.165) is 75.1 Å². The molecule has 2 fully saturated rings. The number of para-hydroxylation sites is 1. The number of hydrogen-bond acceptors (Lipinski definition) is 7. The zero-order chi connectivity index (χ0) is 23.0. The molecule has 1 aromatic heterocycles. The Morgan fingerprint density at radius 2 is 1.88 bits per heavy atom. The van der Waals surface area contributed by atoms with Gasteiger partial charge < -0.3 is 9.64 Å². The summed E-state index contributed by atoms with van der Waals surface area (Å²) in [6.45, 7) is 9.50. The van der Waals surface area contributed by atoms with Gasteiger partial charge in [0.15, 0.2) is 0 Å². The van der Waals surface area contributed by atoms with Crippen LogP contribution in [0.1, 0.15) is 19.8 Å². The SMILES string of the molecule is CCC1N(CCOc2ccccc2)CN(CCCN2CCN(c3cncc(Cl)n3)CC2)[N+]1=O. The maximum Gasteiger partial charge on any atom is 0.291 e. The normalized spacial score (nSPS) is 19.9. The molecule has 0 saturated carbocycles. The van der Waals surface area contributed by atoms with Crippen LogP contribution in [0.25, 0.3) is 0 Å². The summed E-state index contributed by atoms with van der Waals surface area (Å²) < 4.78 is 5.83. The maximum absolute atomic E-state index is 12.8. The van der Waals surface area contributed by atoms with Gasteiger partial charge in [0.25, 0.3) is 6.17 Å². The quantitative estimate of drug-likeness (QED) is 0.487. The van der Waals surface area contributed by atoms with Crippen LogP contribution >= 0.6 is 11.6 Å². The minimum Gasteiger partial charge on any atom is -0.492 e. The van der Waals surface area contributed by atoms with E-state index in [2.05, 4.69) is 31.6 Å². The van der Waals surface area contributed by atoms with E-state index >= 15 is 0 Å². The van der Waals surface area contributed by atoms with E-state index < -0.39 is 0 Å². The smallest absolute Gasteiger partial charge is 0.291 e. The lowest BCUT2D eigenvalue weighted by molar-refractivity contribution is -0.716. The van der Waals surface area contributed by atoms with Crippen molar-refractivity contribution in [2.45, 2.75) is 25.9 Å². The minimum absolute atomic E-state index is 0.119. The Balaban J connectivity index is 1.17. The molecule has 4 rings (SSSR count). The number of rotatable bonds is 10. The molecular weight excluding hydrogens is 442 g/mol. The second-order valence-electron chi connectivity index (χ2n) is 8.42. The van der Waals surface area contributed by atoms with Crippen LogP contribution < -0.4 is 9.64 Å². The summed E-state index contributed by atoms with van der Waals surface area (Å²) in [6.07, 6.45) is 4.95. The Kier molecular flexibility index (Phi) is 8.30. The molecule has 33 heavy (non-hydrogen) atoms. The Labute approximate surface area is 200 Å². The van der Waals surface area contributed by atoms with Crippen molar-refractivity contribution in [1.29, 1.82) is 0 Å². The summed E-state index contributed by atoms with van der Waals surface area (Å²) in [5, 5.41) is 2.35. The van der Waals surface area contributed by atoms with Crippen molar-refractivity contribution >= 4 is 17.4 Å². The van der Waals surface area contributed by atoms with Crippen LogP contribution in [0.15, 0.2) is 42.7 Å². The first kappa shape index (κ1) is 23.7. The number of piperazine rings is 1. The van der Waals surface area contributed by atoms with Crippen LogP contribution in [0.4, 0.5) is 5.82 Å². The van der Waals surface area contributed by atoms with E-state index in [1.807, 2.05) is 35.3 Å². The Hall–Kier alpha value is -2.49. The van der Waals surface area contributed by atoms with Crippen molar-refractivity contribution in [2.24, 2.45) is 0 Å². The minimum atomic E-state index is -0.119. The fourth-order valence-electron chi connectivity index (χ4n) is 4.46. The Morgan fingerprint density at radius 1 is 1.09 bits per heavy atom. The highest BCUT2D eigenvalue weighted by atomic mass is 35.5. The van der Waals surface area contributed by atoms with E-state index in [1.54, 1.807) is 12.4 Å². The summed E-state index contributed by atoms with van der Waals surface area (Å²) in [5.41, 5.74) is 0. The third-order valence-corrected chi connectivity index (χ3v) is 6.42. The summed E-state index contributed by atoms with van der Waals surface area (Å²) in [4.78, 5) is 29.3. The number of halogens is 1.